The average Bonchev–Trinajstić information content (AvgIpc) is 2.50. The van der Waals surface area contributed by atoms with Crippen molar-refractivity contribution >= 4 is 17.8 Å². The minimum Gasteiger partial charge on any atom is -0.379 e. The van der Waals surface area contributed by atoms with E-state index in [0.717, 1.165) is 45.9 Å². The maximum Gasteiger partial charge on any atom is 0.244 e. The monoisotopic (exact) mass is 295 g/mol. The first kappa shape index (κ1) is 15.7. The van der Waals surface area contributed by atoms with Gasteiger partial charge in [-0.25, -0.2) is 5.01 Å². The summed E-state index contributed by atoms with van der Waals surface area (Å²) < 4.78 is 5.34. The van der Waals surface area contributed by atoms with Gasteiger partial charge in [0.05, 0.1) is 13.2 Å². The summed E-state index contributed by atoms with van der Waals surface area (Å²) in [5, 5.41) is 5.23. The zero-order valence-electron chi connectivity index (χ0n) is 13.1. The molecule has 2 N–H and O–H groups in total. The summed E-state index contributed by atoms with van der Waals surface area (Å²) in [6.07, 6.45) is 0. The van der Waals surface area contributed by atoms with Gasteiger partial charge < -0.3 is 15.0 Å². The lowest BCUT2D eigenvalue weighted by atomic mass is 10.5. The molecule has 0 saturated carbocycles. The van der Waals surface area contributed by atoms with Crippen LogP contribution in [-0.4, -0.2) is 65.9 Å². The number of aromatic nitrogens is 3. The Kier molecular flexibility index (Phi) is 5.94. The largest absolute Gasteiger partial charge is 0.379 e. The number of rotatable bonds is 7. The third kappa shape index (κ3) is 4.40. The summed E-state index contributed by atoms with van der Waals surface area (Å²) in [7, 11) is 0. The Morgan fingerprint density at radius 2 is 1.71 bits per heavy atom. The average molecular weight is 295 g/mol. The van der Waals surface area contributed by atoms with Crippen molar-refractivity contribution < 1.29 is 4.74 Å². The first-order chi connectivity index (χ1) is 10.3. The van der Waals surface area contributed by atoms with E-state index in [4.69, 9.17) is 4.74 Å². The highest BCUT2D eigenvalue weighted by atomic mass is 16.5. The minimum atomic E-state index is 0.574. The van der Waals surface area contributed by atoms with Crippen LogP contribution < -0.4 is 15.6 Å². The van der Waals surface area contributed by atoms with Gasteiger partial charge in [0, 0.05) is 32.7 Å². The topological polar surface area (TPSA) is 78.4 Å². The van der Waals surface area contributed by atoms with Crippen LogP contribution in [0.5, 0.6) is 0 Å². The number of hydrazine groups is 1. The molecule has 2 heterocycles. The molecule has 118 valence electrons. The molecule has 21 heavy (non-hydrogen) atoms. The van der Waals surface area contributed by atoms with Crippen molar-refractivity contribution in [1.29, 1.82) is 0 Å². The molecule has 0 amide bonds. The van der Waals surface area contributed by atoms with Crippen LogP contribution >= 0.6 is 0 Å². The van der Waals surface area contributed by atoms with Gasteiger partial charge in [0.25, 0.3) is 0 Å². The summed E-state index contributed by atoms with van der Waals surface area (Å²) in [5.41, 5.74) is 3.25. The van der Waals surface area contributed by atoms with Gasteiger partial charge in [-0.05, 0) is 20.8 Å². The standard InChI is InChI=1S/C13H25N7O/c1-4-14-11-15-12(18-20-7-9-21-10-8-20)17-13(16-11)19(5-2)6-3/h4-10H2,1-3H3,(H2,14,15,16,17,18). The van der Waals surface area contributed by atoms with E-state index in [1.165, 1.54) is 0 Å². The van der Waals surface area contributed by atoms with Gasteiger partial charge in [-0.2, -0.15) is 15.0 Å². The summed E-state index contributed by atoms with van der Waals surface area (Å²) in [6.45, 7) is 11.8. The van der Waals surface area contributed by atoms with E-state index in [1.54, 1.807) is 0 Å². The molecule has 8 heteroatoms. The number of nitrogens with one attached hydrogen (secondary N) is 2. The second-order valence-corrected chi connectivity index (χ2v) is 4.70. The summed E-state index contributed by atoms with van der Waals surface area (Å²) in [4.78, 5) is 15.5. The summed E-state index contributed by atoms with van der Waals surface area (Å²) in [6, 6.07) is 0. The molecule has 8 nitrogen and oxygen atoms in total. The van der Waals surface area contributed by atoms with Crippen molar-refractivity contribution in [2.24, 2.45) is 0 Å². The molecule has 0 spiro atoms. The predicted octanol–water partition coefficient (Wildman–Crippen LogP) is 0.809. The van der Waals surface area contributed by atoms with Crippen molar-refractivity contribution in [2.45, 2.75) is 20.8 Å². The van der Waals surface area contributed by atoms with Crippen molar-refractivity contribution in [3.05, 3.63) is 0 Å². The van der Waals surface area contributed by atoms with Gasteiger partial charge in [0.2, 0.25) is 17.8 Å². The Labute approximate surface area is 125 Å². The molecule has 1 fully saturated rings. The maximum absolute atomic E-state index is 5.34. The maximum atomic E-state index is 5.34. The Morgan fingerprint density at radius 3 is 2.33 bits per heavy atom. The number of morpholine rings is 1. The molecule has 0 aromatic carbocycles. The van der Waals surface area contributed by atoms with E-state index in [1.807, 2.05) is 6.92 Å². The molecule has 1 aliphatic heterocycles. The molecule has 0 atom stereocenters. The second kappa shape index (κ2) is 7.94. The Hall–Kier alpha value is -1.67. The molecule has 2 rings (SSSR count). The normalized spacial score (nSPS) is 15.8. The van der Waals surface area contributed by atoms with E-state index in [2.05, 4.69) is 49.5 Å². The molecule has 1 aromatic heterocycles. The number of hydrogen-bond acceptors (Lipinski definition) is 8. The summed E-state index contributed by atoms with van der Waals surface area (Å²) in [5.74, 6) is 1.87. The van der Waals surface area contributed by atoms with Crippen LogP contribution in [0.25, 0.3) is 0 Å². The van der Waals surface area contributed by atoms with Crippen molar-refractivity contribution in [3.63, 3.8) is 0 Å². The van der Waals surface area contributed by atoms with E-state index in [9.17, 15) is 0 Å². The van der Waals surface area contributed by atoms with Gasteiger partial charge in [0.1, 0.15) is 0 Å². The molecule has 1 aliphatic rings. The van der Waals surface area contributed by atoms with Gasteiger partial charge in [-0.15, -0.1) is 0 Å². The third-order valence-corrected chi connectivity index (χ3v) is 3.27. The molecule has 0 radical (unpaired) electrons. The van der Waals surface area contributed by atoms with E-state index in [-0.39, 0.29) is 0 Å². The van der Waals surface area contributed by atoms with Crippen molar-refractivity contribution in [2.75, 3.05) is 61.6 Å². The molecule has 1 aromatic rings. The lowest BCUT2D eigenvalue weighted by molar-refractivity contribution is 0.0492. The lowest BCUT2D eigenvalue weighted by Gasteiger charge is -2.27. The zero-order chi connectivity index (χ0) is 15.1. The fourth-order valence-corrected chi connectivity index (χ4v) is 2.12. The molecule has 0 unspecified atom stereocenters. The van der Waals surface area contributed by atoms with E-state index < -0.39 is 0 Å². The molecular weight excluding hydrogens is 270 g/mol. The van der Waals surface area contributed by atoms with Crippen LogP contribution in [0.4, 0.5) is 17.8 Å². The van der Waals surface area contributed by atoms with Crippen LogP contribution in [0.15, 0.2) is 0 Å². The van der Waals surface area contributed by atoms with E-state index in [0.29, 0.717) is 17.8 Å². The first-order valence-corrected chi connectivity index (χ1v) is 7.61. The fourth-order valence-electron chi connectivity index (χ4n) is 2.12. The second-order valence-electron chi connectivity index (χ2n) is 4.70. The van der Waals surface area contributed by atoms with Crippen LogP contribution in [0, 0.1) is 0 Å². The van der Waals surface area contributed by atoms with Gasteiger partial charge >= 0.3 is 0 Å². The summed E-state index contributed by atoms with van der Waals surface area (Å²) >= 11 is 0. The highest BCUT2D eigenvalue weighted by Gasteiger charge is 2.15. The minimum absolute atomic E-state index is 0.574. The Morgan fingerprint density at radius 1 is 1.05 bits per heavy atom. The van der Waals surface area contributed by atoms with Gasteiger partial charge in [0.15, 0.2) is 0 Å². The highest BCUT2D eigenvalue weighted by Crippen LogP contribution is 2.14. The van der Waals surface area contributed by atoms with Gasteiger partial charge in [-0.3, -0.25) is 5.43 Å². The number of nitrogens with zero attached hydrogens (tertiary/aromatic N) is 5. The number of hydrogen-bond donors (Lipinski definition) is 2. The highest BCUT2D eigenvalue weighted by molar-refractivity contribution is 5.43. The predicted molar refractivity (Wildman–Crippen MR) is 83.6 cm³/mol. The van der Waals surface area contributed by atoms with Crippen molar-refractivity contribution in [3.8, 4) is 0 Å². The van der Waals surface area contributed by atoms with Gasteiger partial charge in [-0.1, -0.05) is 0 Å². The Balaban J connectivity index is 2.17. The number of anilines is 3. The zero-order valence-corrected chi connectivity index (χ0v) is 13.1. The Bertz CT molecular complexity index is 433. The first-order valence-electron chi connectivity index (χ1n) is 7.61. The lowest BCUT2D eigenvalue weighted by Crippen LogP contribution is -2.41. The van der Waals surface area contributed by atoms with Crippen LogP contribution in [0.2, 0.25) is 0 Å². The molecule has 0 aliphatic carbocycles. The number of ether oxygens (including phenoxy) is 1. The van der Waals surface area contributed by atoms with Crippen LogP contribution in [-0.2, 0) is 4.74 Å². The van der Waals surface area contributed by atoms with Crippen molar-refractivity contribution in [1.82, 2.24) is 20.0 Å². The SMILES string of the molecule is CCNc1nc(NN2CCOCC2)nc(N(CC)CC)n1. The molecule has 1 saturated heterocycles. The molecule has 0 bridgehead atoms. The van der Waals surface area contributed by atoms with Crippen LogP contribution in [0.3, 0.4) is 0 Å². The fraction of sp³-hybridized carbons (Fsp3) is 0.769. The smallest absolute Gasteiger partial charge is 0.244 e. The quantitative estimate of drug-likeness (QED) is 0.765. The van der Waals surface area contributed by atoms with E-state index >= 15 is 0 Å². The molecular formula is C13H25N7O. The third-order valence-electron chi connectivity index (χ3n) is 3.27. The van der Waals surface area contributed by atoms with Crippen LogP contribution in [0.1, 0.15) is 20.8 Å².